The first-order chi connectivity index (χ1) is 11.5. The van der Waals surface area contributed by atoms with Crippen molar-refractivity contribution in [3.63, 3.8) is 0 Å². The molecule has 24 heavy (non-hydrogen) atoms. The first kappa shape index (κ1) is 17.5. The number of carbonyl (C=O) groups is 1. The van der Waals surface area contributed by atoms with Gasteiger partial charge in [-0.2, -0.15) is 0 Å². The van der Waals surface area contributed by atoms with Crippen LogP contribution in [0.3, 0.4) is 0 Å². The predicted octanol–water partition coefficient (Wildman–Crippen LogP) is 3.77. The van der Waals surface area contributed by atoms with Crippen molar-refractivity contribution in [3.8, 4) is 0 Å². The van der Waals surface area contributed by atoms with Crippen LogP contribution >= 0.6 is 0 Å². The molecule has 1 N–H and O–H groups in total. The van der Waals surface area contributed by atoms with Crippen LogP contribution in [0.2, 0.25) is 0 Å². The number of hydrogen-bond acceptors (Lipinski definition) is 3. The number of urea groups is 1. The molecule has 1 aromatic carbocycles. The molecule has 2 amide bonds. The van der Waals surface area contributed by atoms with Crippen LogP contribution in [0.15, 0.2) is 42.6 Å². The van der Waals surface area contributed by atoms with E-state index in [0.29, 0.717) is 18.8 Å². The summed E-state index contributed by atoms with van der Waals surface area (Å²) in [5.74, 6) is 0. The van der Waals surface area contributed by atoms with E-state index in [2.05, 4.69) is 12.2 Å². The molecule has 0 spiro atoms. The van der Waals surface area contributed by atoms with Gasteiger partial charge in [0.15, 0.2) is 0 Å². The van der Waals surface area contributed by atoms with Crippen LogP contribution in [-0.2, 0) is 13.6 Å². The first-order valence-electron chi connectivity index (χ1n) is 7.92. The summed E-state index contributed by atoms with van der Waals surface area (Å²) in [4.78, 5) is 24.5. The van der Waals surface area contributed by atoms with Crippen molar-refractivity contribution >= 4 is 17.4 Å². The molecule has 0 aliphatic carbocycles. The van der Waals surface area contributed by atoms with Crippen molar-refractivity contribution in [2.24, 2.45) is 7.05 Å². The summed E-state index contributed by atoms with van der Waals surface area (Å²) in [5.41, 5.74) is 1.59. The van der Waals surface area contributed by atoms with Crippen molar-refractivity contribution in [1.29, 1.82) is 0 Å². The number of aryl methyl sites for hydroxylation is 1. The van der Waals surface area contributed by atoms with Crippen LogP contribution in [0.5, 0.6) is 0 Å². The number of anilines is 1. The van der Waals surface area contributed by atoms with E-state index in [9.17, 15) is 14.9 Å². The molecule has 2 aromatic rings. The van der Waals surface area contributed by atoms with Gasteiger partial charge in [-0.1, -0.05) is 13.3 Å². The van der Waals surface area contributed by atoms with Crippen LogP contribution in [0, 0.1) is 10.1 Å². The van der Waals surface area contributed by atoms with E-state index in [4.69, 9.17) is 0 Å². The molecule has 0 saturated heterocycles. The summed E-state index contributed by atoms with van der Waals surface area (Å²) < 4.78 is 1.98. The highest BCUT2D eigenvalue weighted by atomic mass is 16.6. The van der Waals surface area contributed by atoms with Crippen molar-refractivity contribution in [2.45, 2.75) is 26.3 Å². The zero-order valence-corrected chi connectivity index (χ0v) is 13.9. The van der Waals surface area contributed by atoms with Crippen molar-refractivity contribution < 1.29 is 9.72 Å². The van der Waals surface area contributed by atoms with E-state index in [1.54, 1.807) is 4.90 Å². The lowest BCUT2D eigenvalue weighted by atomic mass is 10.2. The number of nitro groups is 1. The largest absolute Gasteiger partial charge is 0.353 e. The average Bonchev–Trinajstić information content (AvgIpc) is 2.96. The fourth-order valence-corrected chi connectivity index (χ4v) is 2.33. The number of rotatable bonds is 7. The molecule has 0 atom stereocenters. The summed E-state index contributed by atoms with van der Waals surface area (Å²) in [7, 11) is 1.95. The lowest BCUT2D eigenvalue weighted by molar-refractivity contribution is -0.384. The van der Waals surface area contributed by atoms with Crippen LogP contribution in [0.25, 0.3) is 0 Å². The van der Waals surface area contributed by atoms with Crippen molar-refractivity contribution in [1.82, 2.24) is 9.47 Å². The van der Waals surface area contributed by atoms with E-state index < -0.39 is 4.92 Å². The third-order valence-electron chi connectivity index (χ3n) is 3.80. The number of benzene rings is 1. The Bertz CT molecular complexity index is 694. The van der Waals surface area contributed by atoms with Crippen LogP contribution in [0.1, 0.15) is 25.5 Å². The molecule has 1 aromatic heterocycles. The van der Waals surface area contributed by atoms with E-state index in [0.717, 1.165) is 18.5 Å². The van der Waals surface area contributed by atoms with Crippen molar-refractivity contribution in [2.75, 3.05) is 11.9 Å². The van der Waals surface area contributed by atoms with Crippen molar-refractivity contribution in [3.05, 3.63) is 58.4 Å². The fraction of sp³-hybridized carbons (Fsp3) is 0.353. The van der Waals surface area contributed by atoms with Gasteiger partial charge in [-0.05, 0) is 30.7 Å². The van der Waals surface area contributed by atoms with E-state index >= 15 is 0 Å². The van der Waals surface area contributed by atoms with Crippen LogP contribution < -0.4 is 5.32 Å². The molecule has 0 aliphatic rings. The number of hydrogen-bond donors (Lipinski definition) is 1. The molecule has 0 aliphatic heterocycles. The Morgan fingerprint density at radius 2 is 2.00 bits per heavy atom. The molecule has 0 unspecified atom stereocenters. The molecule has 2 rings (SSSR count). The molecule has 0 radical (unpaired) electrons. The second kappa shape index (κ2) is 8.14. The minimum atomic E-state index is -0.464. The minimum Gasteiger partial charge on any atom is -0.353 e. The van der Waals surface area contributed by atoms with Crippen LogP contribution in [-0.4, -0.2) is 27.0 Å². The molecule has 7 nitrogen and oxygen atoms in total. The van der Waals surface area contributed by atoms with E-state index in [1.807, 2.05) is 29.9 Å². The summed E-state index contributed by atoms with van der Waals surface area (Å²) in [6, 6.07) is 9.55. The highest BCUT2D eigenvalue weighted by molar-refractivity contribution is 5.89. The van der Waals surface area contributed by atoms with Gasteiger partial charge >= 0.3 is 6.03 Å². The predicted molar refractivity (Wildman–Crippen MR) is 92.8 cm³/mol. The average molecular weight is 330 g/mol. The summed E-state index contributed by atoms with van der Waals surface area (Å²) >= 11 is 0. The Hall–Kier alpha value is -2.83. The molecule has 0 bridgehead atoms. The summed E-state index contributed by atoms with van der Waals surface area (Å²) in [5, 5.41) is 13.5. The monoisotopic (exact) mass is 330 g/mol. The zero-order chi connectivity index (χ0) is 17.5. The van der Waals surface area contributed by atoms with Crippen LogP contribution in [0.4, 0.5) is 16.2 Å². The van der Waals surface area contributed by atoms with Gasteiger partial charge in [0.25, 0.3) is 5.69 Å². The summed E-state index contributed by atoms with van der Waals surface area (Å²) in [6.45, 7) is 3.25. The van der Waals surface area contributed by atoms with Gasteiger partial charge in [0.1, 0.15) is 0 Å². The highest BCUT2D eigenvalue weighted by Gasteiger charge is 2.15. The second-order valence-electron chi connectivity index (χ2n) is 5.62. The van der Waals surface area contributed by atoms with Gasteiger partial charge in [-0.25, -0.2) is 4.79 Å². The van der Waals surface area contributed by atoms with Gasteiger partial charge in [0, 0.05) is 43.3 Å². The smallest absolute Gasteiger partial charge is 0.322 e. The van der Waals surface area contributed by atoms with Gasteiger partial charge in [0.05, 0.1) is 11.5 Å². The normalized spacial score (nSPS) is 10.4. The molecule has 7 heteroatoms. The fourth-order valence-electron chi connectivity index (χ4n) is 2.33. The highest BCUT2D eigenvalue weighted by Crippen LogP contribution is 2.16. The van der Waals surface area contributed by atoms with Gasteiger partial charge < -0.3 is 14.8 Å². The maximum atomic E-state index is 12.5. The lowest BCUT2D eigenvalue weighted by Gasteiger charge is -2.23. The topological polar surface area (TPSA) is 80.4 Å². The maximum absolute atomic E-state index is 12.5. The number of unbranched alkanes of at least 4 members (excludes halogenated alkanes) is 1. The quantitative estimate of drug-likeness (QED) is 0.620. The summed E-state index contributed by atoms with van der Waals surface area (Å²) in [6.07, 6.45) is 3.86. The Morgan fingerprint density at radius 3 is 2.54 bits per heavy atom. The Morgan fingerprint density at radius 1 is 1.29 bits per heavy atom. The minimum absolute atomic E-state index is 0.000326. The number of nitrogens with zero attached hydrogens (tertiary/aromatic N) is 3. The number of non-ortho nitro benzene ring substituents is 1. The van der Waals surface area contributed by atoms with Gasteiger partial charge in [-0.15, -0.1) is 0 Å². The lowest BCUT2D eigenvalue weighted by Crippen LogP contribution is -2.35. The third kappa shape index (κ3) is 4.58. The first-order valence-corrected chi connectivity index (χ1v) is 7.92. The standard InChI is InChI=1S/C17H22N4O3/c1-3-4-12-20(13-16-6-5-11-19(16)2)17(22)18-14-7-9-15(10-8-14)21(23)24/h5-11H,3-4,12-13H2,1-2H3,(H,18,22). The number of amides is 2. The number of nitrogens with one attached hydrogen (secondary N) is 1. The molecule has 1 heterocycles. The van der Waals surface area contributed by atoms with Gasteiger partial charge in [-0.3, -0.25) is 10.1 Å². The molecule has 128 valence electrons. The second-order valence-corrected chi connectivity index (χ2v) is 5.62. The SMILES string of the molecule is CCCCN(Cc1cccn1C)C(=O)Nc1ccc([N+](=O)[O-])cc1. The van der Waals surface area contributed by atoms with E-state index in [-0.39, 0.29) is 11.7 Å². The molecule has 0 saturated carbocycles. The Labute approximate surface area is 141 Å². The zero-order valence-electron chi connectivity index (χ0n) is 13.9. The molecular formula is C17H22N4O3. The molecule has 0 fully saturated rings. The van der Waals surface area contributed by atoms with E-state index in [1.165, 1.54) is 24.3 Å². The maximum Gasteiger partial charge on any atom is 0.322 e. The Kier molecular flexibility index (Phi) is 5.95. The molecular weight excluding hydrogens is 308 g/mol. The third-order valence-corrected chi connectivity index (χ3v) is 3.80. The van der Waals surface area contributed by atoms with Gasteiger partial charge in [0.2, 0.25) is 0 Å². The Balaban J connectivity index is 2.06. The number of nitro benzene ring substituents is 1. The number of carbonyl (C=O) groups excluding carboxylic acids is 1. The number of aromatic nitrogens is 1.